The van der Waals surface area contributed by atoms with Crippen molar-refractivity contribution in [2.24, 2.45) is 10.4 Å². The van der Waals surface area contributed by atoms with Gasteiger partial charge in [-0.25, -0.2) is 0 Å². The summed E-state index contributed by atoms with van der Waals surface area (Å²) >= 11 is 0. The number of nitrogens with zero attached hydrogens (tertiary/aromatic N) is 1. The maximum Gasteiger partial charge on any atom is 0.191 e. The Bertz CT molecular complexity index is 289. The zero-order valence-electron chi connectivity index (χ0n) is 14.6. The van der Waals surface area contributed by atoms with E-state index in [0.29, 0.717) is 0 Å². The van der Waals surface area contributed by atoms with Crippen molar-refractivity contribution in [1.29, 1.82) is 0 Å². The van der Waals surface area contributed by atoms with Crippen molar-refractivity contribution >= 4 is 5.96 Å². The molecule has 0 spiro atoms. The van der Waals surface area contributed by atoms with Crippen LogP contribution in [0.5, 0.6) is 0 Å². The van der Waals surface area contributed by atoms with Gasteiger partial charge in [-0.1, -0.05) is 20.8 Å². The number of hydrogen-bond donors (Lipinski definition) is 3. The van der Waals surface area contributed by atoms with Gasteiger partial charge in [0, 0.05) is 39.3 Å². The summed E-state index contributed by atoms with van der Waals surface area (Å²) in [7, 11) is 3.53. The fraction of sp³-hybridized carbons (Fsp3) is 0.933. The molecule has 0 aliphatic heterocycles. The van der Waals surface area contributed by atoms with Crippen LogP contribution in [0.1, 0.15) is 41.5 Å². The van der Waals surface area contributed by atoms with Crippen LogP contribution < -0.4 is 16.0 Å². The zero-order chi connectivity index (χ0) is 15.8. The van der Waals surface area contributed by atoms with Crippen molar-refractivity contribution in [3.05, 3.63) is 0 Å². The fourth-order valence-electron chi connectivity index (χ4n) is 1.77. The van der Waals surface area contributed by atoms with Crippen molar-refractivity contribution in [1.82, 2.24) is 16.0 Å². The Kier molecular flexibility index (Phi) is 8.13. The molecule has 0 saturated carbocycles. The van der Waals surface area contributed by atoms with Crippen LogP contribution in [-0.2, 0) is 4.74 Å². The van der Waals surface area contributed by atoms with E-state index in [9.17, 15) is 0 Å². The molecule has 120 valence electrons. The van der Waals surface area contributed by atoms with Gasteiger partial charge in [-0.15, -0.1) is 0 Å². The molecule has 0 heterocycles. The van der Waals surface area contributed by atoms with Crippen molar-refractivity contribution in [3.8, 4) is 0 Å². The van der Waals surface area contributed by atoms with E-state index in [1.54, 1.807) is 14.2 Å². The summed E-state index contributed by atoms with van der Waals surface area (Å²) in [4.78, 5) is 4.22. The summed E-state index contributed by atoms with van der Waals surface area (Å²) in [6, 6.07) is 0. The maximum absolute atomic E-state index is 5.52. The second kappa shape index (κ2) is 8.47. The van der Waals surface area contributed by atoms with Gasteiger partial charge in [0.2, 0.25) is 0 Å². The second-order valence-electron chi connectivity index (χ2n) is 7.15. The molecule has 0 aromatic carbocycles. The highest BCUT2D eigenvalue weighted by Gasteiger charge is 2.24. The van der Waals surface area contributed by atoms with Crippen LogP contribution in [0, 0.1) is 5.41 Å². The van der Waals surface area contributed by atoms with Crippen molar-refractivity contribution in [2.75, 3.05) is 33.8 Å². The van der Waals surface area contributed by atoms with Crippen molar-refractivity contribution in [2.45, 2.75) is 53.2 Å². The molecular formula is C15H34N4O. The minimum atomic E-state index is 0.106. The van der Waals surface area contributed by atoms with E-state index in [1.165, 1.54) is 0 Å². The smallest absolute Gasteiger partial charge is 0.191 e. The number of aliphatic imine (C=N–C) groups is 1. The number of hydrogen-bond acceptors (Lipinski definition) is 3. The highest BCUT2D eigenvalue weighted by molar-refractivity contribution is 5.79. The number of rotatable bonds is 6. The fourth-order valence-corrected chi connectivity index (χ4v) is 1.77. The third-order valence-electron chi connectivity index (χ3n) is 3.00. The van der Waals surface area contributed by atoms with Crippen LogP contribution in [0.25, 0.3) is 0 Å². The minimum absolute atomic E-state index is 0.106. The minimum Gasteiger partial charge on any atom is -0.379 e. The van der Waals surface area contributed by atoms with E-state index < -0.39 is 0 Å². The molecule has 1 atom stereocenters. The van der Waals surface area contributed by atoms with Gasteiger partial charge in [0.1, 0.15) is 0 Å². The second-order valence-corrected chi connectivity index (χ2v) is 7.15. The largest absolute Gasteiger partial charge is 0.379 e. The molecule has 0 bridgehead atoms. The van der Waals surface area contributed by atoms with Gasteiger partial charge in [-0.2, -0.15) is 0 Å². The Hall–Kier alpha value is -0.810. The summed E-state index contributed by atoms with van der Waals surface area (Å²) < 4.78 is 5.52. The molecule has 5 nitrogen and oxygen atoms in total. The zero-order valence-corrected chi connectivity index (χ0v) is 14.6. The van der Waals surface area contributed by atoms with E-state index in [4.69, 9.17) is 4.74 Å². The summed E-state index contributed by atoms with van der Waals surface area (Å²) in [5, 5.41) is 10.0. The number of methoxy groups -OCH3 is 1. The summed E-state index contributed by atoms with van der Waals surface area (Å²) in [5.74, 6) is 0.812. The van der Waals surface area contributed by atoms with Gasteiger partial charge in [0.05, 0.1) is 6.10 Å². The average Bonchev–Trinajstić information content (AvgIpc) is 2.29. The lowest BCUT2D eigenvalue weighted by Crippen LogP contribution is -2.47. The SMILES string of the molecule is CN=C(NCCNC(C)(C)C)NCC(OC)C(C)(C)C. The Balaban J connectivity index is 4.06. The molecule has 0 aromatic heterocycles. The van der Waals surface area contributed by atoms with Gasteiger partial charge >= 0.3 is 0 Å². The van der Waals surface area contributed by atoms with E-state index in [2.05, 4.69) is 62.5 Å². The van der Waals surface area contributed by atoms with Crippen LogP contribution in [-0.4, -0.2) is 51.4 Å². The number of guanidine groups is 1. The van der Waals surface area contributed by atoms with Gasteiger partial charge in [0.15, 0.2) is 5.96 Å². The van der Waals surface area contributed by atoms with Crippen molar-refractivity contribution < 1.29 is 4.74 Å². The maximum atomic E-state index is 5.52. The van der Waals surface area contributed by atoms with Gasteiger partial charge in [-0.05, 0) is 26.2 Å². The predicted molar refractivity (Wildman–Crippen MR) is 87.4 cm³/mol. The molecule has 0 aliphatic rings. The molecule has 0 rings (SSSR count). The lowest BCUT2D eigenvalue weighted by molar-refractivity contribution is 0.0205. The van der Waals surface area contributed by atoms with E-state index in [1.807, 2.05) is 0 Å². The first-order valence-electron chi connectivity index (χ1n) is 7.32. The molecule has 0 radical (unpaired) electrons. The van der Waals surface area contributed by atoms with Crippen LogP contribution in [0.2, 0.25) is 0 Å². The molecule has 0 fully saturated rings. The summed E-state index contributed by atoms with van der Waals surface area (Å²) in [6.45, 7) is 15.5. The summed E-state index contributed by atoms with van der Waals surface area (Å²) in [6.07, 6.45) is 0.147. The van der Waals surface area contributed by atoms with Crippen LogP contribution in [0.3, 0.4) is 0 Å². The molecule has 5 heteroatoms. The molecule has 0 aliphatic carbocycles. The Morgan fingerprint density at radius 1 is 1.05 bits per heavy atom. The van der Waals surface area contributed by atoms with Crippen molar-refractivity contribution in [3.63, 3.8) is 0 Å². The Labute approximate surface area is 125 Å². The third kappa shape index (κ3) is 9.15. The van der Waals surface area contributed by atoms with E-state index in [0.717, 1.165) is 25.6 Å². The average molecular weight is 286 g/mol. The van der Waals surface area contributed by atoms with Crippen LogP contribution in [0.4, 0.5) is 0 Å². The first-order chi connectivity index (χ1) is 9.10. The highest BCUT2D eigenvalue weighted by Crippen LogP contribution is 2.20. The molecule has 20 heavy (non-hydrogen) atoms. The molecule has 0 aromatic rings. The number of nitrogens with one attached hydrogen (secondary N) is 3. The van der Waals surface area contributed by atoms with Crippen LogP contribution in [0.15, 0.2) is 4.99 Å². The Morgan fingerprint density at radius 3 is 2.05 bits per heavy atom. The molecule has 0 saturated heterocycles. The first kappa shape index (κ1) is 19.2. The molecule has 3 N–H and O–H groups in total. The Morgan fingerprint density at radius 2 is 1.65 bits per heavy atom. The van der Waals surface area contributed by atoms with Crippen LogP contribution >= 0.6 is 0 Å². The third-order valence-corrected chi connectivity index (χ3v) is 3.00. The lowest BCUT2D eigenvalue weighted by atomic mass is 9.89. The highest BCUT2D eigenvalue weighted by atomic mass is 16.5. The van der Waals surface area contributed by atoms with Gasteiger partial charge < -0.3 is 20.7 Å². The molecule has 0 amide bonds. The molecule has 1 unspecified atom stereocenters. The summed E-state index contributed by atoms with van der Waals surface area (Å²) in [5.41, 5.74) is 0.250. The first-order valence-corrected chi connectivity index (χ1v) is 7.32. The lowest BCUT2D eigenvalue weighted by Gasteiger charge is -2.30. The quantitative estimate of drug-likeness (QED) is 0.394. The molecular weight excluding hydrogens is 252 g/mol. The normalized spacial score (nSPS) is 15.1. The standard InChI is InChI=1S/C15H34N4O/c1-14(2,3)12(20-8)11-18-13(16-7)17-9-10-19-15(4,5)6/h12,19H,9-11H2,1-8H3,(H2,16,17,18). The monoisotopic (exact) mass is 286 g/mol. The number of ether oxygens (including phenoxy) is 1. The topological polar surface area (TPSA) is 57.7 Å². The predicted octanol–water partition coefficient (Wildman–Crippen LogP) is 1.60. The van der Waals surface area contributed by atoms with E-state index >= 15 is 0 Å². The van der Waals surface area contributed by atoms with Gasteiger partial charge in [-0.3, -0.25) is 4.99 Å². The van der Waals surface area contributed by atoms with Gasteiger partial charge in [0.25, 0.3) is 0 Å². The van der Waals surface area contributed by atoms with E-state index in [-0.39, 0.29) is 17.1 Å².